The van der Waals surface area contributed by atoms with Crippen molar-refractivity contribution in [2.45, 2.75) is 19.3 Å². The van der Waals surface area contributed by atoms with Crippen LogP contribution in [0.25, 0.3) is 0 Å². The number of amides is 1. The highest BCUT2D eigenvalue weighted by Crippen LogP contribution is 2.23. The molecule has 7 nitrogen and oxygen atoms in total. The third-order valence-electron chi connectivity index (χ3n) is 4.53. The van der Waals surface area contributed by atoms with Crippen LogP contribution in [0, 0.1) is 11.7 Å². The summed E-state index contributed by atoms with van der Waals surface area (Å²) in [5, 5.41) is 0. The van der Waals surface area contributed by atoms with Gasteiger partial charge in [0.1, 0.15) is 17.2 Å². The maximum Gasteiger partial charge on any atom is 0.326 e. The number of nitrogens with zero attached hydrogens (tertiary/aromatic N) is 1. The van der Waals surface area contributed by atoms with E-state index in [0.29, 0.717) is 19.0 Å². The number of nitrogens with one attached hydrogen (secondary N) is 2. The number of anilines is 1. The van der Waals surface area contributed by atoms with Gasteiger partial charge in [-0.1, -0.05) is 12.1 Å². The van der Waals surface area contributed by atoms with Gasteiger partial charge in [-0.3, -0.25) is 14.6 Å². The number of carbonyl (C=O) groups is 1. The van der Waals surface area contributed by atoms with Crippen molar-refractivity contribution in [3.63, 3.8) is 0 Å². The topological polar surface area (TPSA) is 112 Å². The fraction of sp³-hybridized carbons (Fsp3) is 0.353. The van der Waals surface area contributed by atoms with E-state index in [2.05, 4.69) is 4.98 Å². The van der Waals surface area contributed by atoms with Crippen LogP contribution >= 0.6 is 0 Å². The Balaban J connectivity index is 1.64. The summed E-state index contributed by atoms with van der Waals surface area (Å²) in [5.41, 5.74) is 4.71. The van der Waals surface area contributed by atoms with E-state index in [1.807, 2.05) is 4.98 Å². The van der Waals surface area contributed by atoms with E-state index in [-0.39, 0.29) is 17.2 Å². The van der Waals surface area contributed by atoms with Crippen molar-refractivity contribution in [3.8, 4) is 0 Å². The summed E-state index contributed by atoms with van der Waals surface area (Å²) in [6.07, 6.45) is 2.40. The second-order valence-electron chi connectivity index (χ2n) is 6.26. The van der Waals surface area contributed by atoms with Crippen LogP contribution in [0.2, 0.25) is 0 Å². The molecule has 0 atom stereocenters. The molecule has 2 aromatic rings. The van der Waals surface area contributed by atoms with Crippen molar-refractivity contribution >= 4 is 11.6 Å². The molecule has 1 aromatic carbocycles. The number of rotatable bonds is 3. The Morgan fingerprint density at radius 3 is 2.44 bits per heavy atom. The van der Waals surface area contributed by atoms with Gasteiger partial charge in [-0.25, -0.2) is 9.18 Å². The maximum atomic E-state index is 13.0. The van der Waals surface area contributed by atoms with Gasteiger partial charge in [0.2, 0.25) is 0 Å². The first kappa shape index (κ1) is 16.9. The number of likely N-dealkylation sites (tertiary alicyclic amines) is 1. The predicted octanol–water partition coefficient (Wildman–Crippen LogP) is 0.879. The van der Waals surface area contributed by atoms with Crippen molar-refractivity contribution in [1.82, 2.24) is 14.9 Å². The Morgan fingerprint density at radius 1 is 1.16 bits per heavy atom. The minimum absolute atomic E-state index is 0.161. The van der Waals surface area contributed by atoms with Gasteiger partial charge in [0.15, 0.2) is 0 Å². The lowest BCUT2D eigenvalue weighted by Crippen LogP contribution is -2.41. The number of H-pyrrole nitrogens is 2. The number of benzene rings is 1. The monoisotopic (exact) mass is 346 g/mol. The molecule has 2 heterocycles. The Kier molecular flexibility index (Phi) is 4.69. The van der Waals surface area contributed by atoms with Crippen LogP contribution in [0.1, 0.15) is 28.9 Å². The zero-order chi connectivity index (χ0) is 18.0. The van der Waals surface area contributed by atoms with Gasteiger partial charge in [0.05, 0.1) is 0 Å². The normalized spacial score (nSPS) is 15.3. The lowest BCUT2D eigenvalue weighted by atomic mass is 9.90. The molecule has 0 spiro atoms. The molecular weight excluding hydrogens is 327 g/mol. The molecule has 0 saturated carbocycles. The van der Waals surface area contributed by atoms with E-state index < -0.39 is 17.2 Å². The van der Waals surface area contributed by atoms with E-state index in [9.17, 15) is 18.8 Å². The van der Waals surface area contributed by atoms with Crippen molar-refractivity contribution in [3.05, 3.63) is 62.2 Å². The second-order valence-corrected chi connectivity index (χ2v) is 6.26. The van der Waals surface area contributed by atoms with Crippen molar-refractivity contribution in [1.29, 1.82) is 0 Å². The van der Waals surface area contributed by atoms with Gasteiger partial charge in [0.25, 0.3) is 11.5 Å². The molecule has 0 radical (unpaired) electrons. The largest absolute Gasteiger partial charge is 0.392 e. The molecule has 1 saturated heterocycles. The molecule has 25 heavy (non-hydrogen) atoms. The molecule has 0 aliphatic carbocycles. The van der Waals surface area contributed by atoms with Gasteiger partial charge in [0, 0.05) is 13.1 Å². The van der Waals surface area contributed by atoms with Crippen LogP contribution in [0.15, 0.2) is 33.9 Å². The quantitative estimate of drug-likeness (QED) is 0.766. The van der Waals surface area contributed by atoms with Gasteiger partial charge < -0.3 is 15.6 Å². The number of hydrogen-bond donors (Lipinski definition) is 3. The second kappa shape index (κ2) is 6.92. The fourth-order valence-corrected chi connectivity index (χ4v) is 3.12. The third kappa shape index (κ3) is 3.78. The van der Waals surface area contributed by atoms with Crippen molar-refractivity contribution in [2.24, 2.45) is 5.92 Å². The number of piperidine rings is 1. The summed E-state index contributed by atoms with van der Waals surface area (Å²) in [7, 11) is 0. The Morgan fingerprint density at radius 2 is 1.80 bits per heavy atom. The highest BCUT2D eigenvalue weighted by atomic mass is 19.1. The Labute approximate surface area is 142 Å². The first-order chi connectivity index (χ1) is 11.9. The van der Waals surface area contributed by atoms with E-state index in [4.69, 9.17) is 5.73 Å². The highest BCUT2D eigenvalue weighted by Gasteiger charge is 2.26. The summed E-state index contributed by atoms with van der Waals surface area (Å²) in [5.74, 6) is -0.306. The van der Waals surface area contributed by atoms with E-state index >= 15 is 0 Å². The van der Waals surface area contributed by atoms with Crippen LogP contribution < -0.4 is 17.0 Å². The van der Waals surface area contributed by atoms with Crippen LogP contribution in [-0.4, -0.2) is 33.9 Å². The molecular formula is C17H19FN4O3. The van der Waals surface area contributed by atoms with E-state index in [1.54, 1.807) is 17.0 Å². The first-order valence-electron chi connectivity index (χ1n) is 8.10. The zero-order valence-corrected chi connectivity index (χ0v) is 13.5. The van der Waals surface area contributed by atoms with Gasteiger partial charge in [-0.15, -0.1) is 0 Å². The van der Waals surface area contributed by atoms with Crippen LogP contribution in [0.4, 0.5) is 10.1 Å². The molecule has 1 aliphatic rings. The molecule has 1 fully saturated rings. The minimum atomic E-state index is -0.765. The summed E-state index contributed by atoms with van der Waals surface area (Å²) in [4.78, 5) is 41.3. The predicted molar refractivity (Wildman–Crippen MR) is 90.8 cm³/mol. The number of nitrogens with two attached hydrogens (primary N) is 1. The molecule has 4 N–H and O–H groups in total. The molecule has 132 valence electrons. The molecule has 8 heteroatoms. The van der Waals surface area contributed by atoms with E-state index in [0.717, 1.165) is 24.8 Å². The molecule has 3 rings (SSSR count). The molecule has 0 bridgehead atoms. The Hall–Kier alpha value is -2.90. The average molecular weight is 346 g/mol. The number of aromatic amines is 2. The molecule has 1 aliphatic heterocycles. The summed E-state index contributed by atoms with van der Waals surface area (Å²) in [6, 6.07) is 6.43. The minimum Gasteiger partial charge on any atom is -0.392 e. The maximum absolute atomic E-state index is 13.0. The van der Waals surface area contributed by atoms with E-state index in [1.165, 1.54) is 12.1 Å². The van der Waals surface area contributed by atoms with Crippen molar-refractivity contribution < 1.29 is 9.18 Å². The standard InChI is InChI=1S/C17H19FN4O3/c18-12-3-1-10(2-4-12)9-11-5-7-22(8-6-11)16(24)14-13(19)15(23)21-17(25)20-14/h1-4,11H,5-9,19H2,(H2,20,21,23,25). The third-order valence-corrected chi connectivity index (χ3v) is 4.53. The summed E-state index contributed by atoms with van der Waals surface area (Å²) < 4.78 is 13.0. The zero-order valence-electron chi connectivity index (χ0n) is 13.5. The molecule has 1 amide bonds. The lowest BCUT2D eigenvalue weighted by Gasteiger charge is -2.32. The fourth-order valence-electron chi connectivity index (χ4n) is 3.12. The lowest BCUT2D eigenvalue weighted by molar-refractivity contribution is 0.0685. The van der Waals surface area contributed by atoms with Crippen LogP contribution in [0.3, 0.4) is 0 Å². The number of carbonyl (C=O) groups excluding carboxylic acids is 1. The average Bonchev–Trinajstić information content (AvgIpc) is 2.60. The smallest absolute Gasteiger partial charge is 0.326 e. The number of halogens is 1. The van der Waals surface area contributed by atoms with Crippen molar-refractivity contribution in [2.75, 3.05) is 18.8 Å². The summed E-state index contributed by atoms with van der Waals surface area (Å²) in [6.45, 7) is 1.03. The number of nitrogen functional groups attached to an aromatic ring is 1. The van der Waals surface area contributed by atoms with Crippen LogP contribution in [0.5, 0.6) is 0 Å². The highest BCUT2D eigenvalue weighted by molar-refractivity contribution is 5.96. The van der Waals surface area contributed by atoms with Gasteiger partial charge in [-0.05, 0) is 42.9 Å². The molecule has 1 aromatic heterocycles. The number of aromatic nitrogens is 2. The van der Waals surface area contributed by atoms with Crippen LogP contribution in [-0.2, 0) is 6.42 Å². The van der Waals surface area contributed by atoms with Gasteiger partial charge >= 0.3 is 5.69 Å². The number of hydrogen-bond acceptors (Lipinski definition) is 4. The molecule has 0 unspecified atom stereocenters. The van der Waals surface area contributed by atoms with Gasteiger partial charge in [-0.2, -0.15) is 0 Å². The first-order valence-corrected chi connectivity index (χ1v) is 8.10. The Bertz CT molecular complexity index is 880. The summed E-state index contributed by atoms with van der Waals surface area (Å²) >= 11 is 0. The SMILES string of the molecule is Nc1c(C(=O)N2CCC(Cc3ccc(F)cc3)CC2)[nH]c(=O)[nH]c1=O.